The molecule has 1 fully saturated rings. The molecule has 0 radical (unpaired) electrons. The van der Waals surface area contributed by atoms with Crippen LogP contribution in [0.25, 0.3) is 0 Å². The Morgan fingerprint density at radius 2 is 1.88 bits per heavy atom. The van der Waals surface area contributed by atoms with Gasteiger partial charge in [0.25, 0.3) is 0 Å². The van der Waals surface area contributed by atoms with Crippen LogP contribution in [0.2, 0.25) is 0 Å². The van der Waals surface area contributed by atoms with Crippen molar-refractivity contribution in [2.75, 3.05) is 12.9 Å². The van der Waals surface area contributed by atoms with Gasteiger partial charge >= 0.3 is 0 Å². The number of hydrogen-bond acceptors (Lipinski definition) is 3. The van der Waals surface area contributed by atoms with Crippen LogP contribution in [0, 0.1) is 5.92 Å². The molecule has 0 saturated heterocycles. The zero-order valence-electron chi connectivity index (χ0n) is 8.80. The highest BCUT2D eigenvalue weighted by Crippen LogP contribution is 2.51. The molecule has 1 N–H and O–H groups in total. The van der Waals surface area contributed by atoms with E-state index in [4.69, 9.17) is 5.11 Å². The predicted octanol–water partition coefficient (Wildman–Crippen LogP) is 1.57. The van der Waals surface area contributed by atoms with Gasteiger partial charge in [-0.25, -0.2) is 8.42 Å². The third kappa shape index (κ3) is 2.17. The number of sulfone groups is 1. The molecule has 1 aromatic rings. The fourth-order valence-electron chi connectivity index (χ4n) is 2.27. The predicted molar refractivity (Wildman–Crippen MR) is 66.1 cm³/mol. The van der Waals surface area contributed by atoms with Gasteiger partial charge in [-0.05, 0) is 17.7 Å². The minimum Gasteiger partial charge on any atom is -0.396 e. The van der Waals surface area contributed by atoms with Gasteiger partial charge in [-0.15, -0.1) is 0 Å². The number of benzene rings is 1. The van der Waals surface area contributed by atoms with Crippen molar-refractivity contribution in [3.63, 3.8) is 0 Å². The van der Waals surface area contributed by atoms with Gasteiger partial charge in [0.15, 0.2) is 9.84 Å². The Labute approximate surface area is 104 Å². The number of halogens is 1. The zero-order valence-corrected chi connectivity index (χ0v) is 11.2. The van der Waals surface area contributed by atoms with E-state index in [1.807, 2.05) is 24.3 Å². The third-order valence-corrected chi connectivity index (χ3v) is 5.22. The molecule has 0 amide bonds. The molecule has 0 unspecified atom stereocenters. The average molecular weight is 305 g/mol. The van der Waals surface area contributed by atoms with E-state index in [0.717, 1.165) is 10.0 Å². The summed E-state index contributed by atoms with van der Waals surface area (Å²) in [6, 6.07) is 7.59. The highest BCUT2D eigenvalue weighted by Gasteiger charge is 2.56. The topological polar surface area (TPSA) is 54.4 Å². The maximum absolute atomic E-state index is 11.5. The van der Waals surface area contributed by atoms with Crippen LogP contribution >= 0.6 is 15.9 Å². The smallest absolute Gasteiger partial charge is 0.151 e. The summed E-state index contributed by atoms with van der Waals surface area (Å²) in [5.74, 6) is -0.190. The van der Waals surface area contributed by atoms with E-state index in [1.54, 1.807) is 0 Å². The fourth-order valence-corrected chi connectivity index (χ4v) is 4.22. The van der Waals surface area contributed by atoms with Gasteiger partial charge in [0.05, 0.1) is 5.25 Å². The summed E-state index contributed by atoms with van der Waals surface area (Å²) in [4.78, 5) is 0. The van der Waals surface area contributed by atoms with Crippen LogP contribution in [0.15, 0.2) is 28.7 Å². The van der Waals surface area contributed by atoms with Crippen molar-refractivity contribution in [3.8, 4) is 0 Å². The molecule has 0 bridgehead atoms. The van der Waals surface area contributed by atoms with Gasteiger partial charge in [-0.1, -0.05) is 28.1 Å². The monoisotopic (exact) mass is 304 g/mol. The maximum atomic E-state index is 11.5. The Kier molecular flexibility index (Phi) is 3.11. The van der Waals surface area contributed by atoms with E-state index in [-0.39, 0.29) is 18.4 Å². The van der Waals surface area contributed by atoms with Crippen molar-refractivity contribution in [3.05, 3.63) is 34.3 Å². The van der Waals surface area contributed by atoms with E-state index in [9.17, 15) is 8.42 Å². The van der Waals surface area contributed by atoms with Crippen LogP contribution in [0.5, 0.6) is 0 Å². The Morgan fingerprint density at radius 1 is 1.31 bits per heavy atom. The van der Waals surface area contributed by atoms with Gasteiger partial charge in [0.1, 0.15) is 0 Å². The van der Waals surface area contributed by atoms with Gasteiger partial charge < -0.3 is 5.11 Å². The molecule has 0 aliphatic heterocycles. The Hall–Kier alpha value is -0.390. The number of aliphatic hydroxyl groups is 1. The maximum Gasteiger partial charge on any atom is 0.151 e. The average Bonchev–Trinajstić information content (AvgIpc) is 2.92. The van der Waals surface area contributed by atoms with Crippen molar-refractivity contribution in [1.29, 1.82) is 0 Å². The molecule has 0 spiro atoms. The van der Waals surface area contributed by atoms with E-state index >= 15 is 0 Å². The van der Waals surface area contributed by atoms with Crippen molar-refractivity contribution in [2.24, 2.45) is 5.92 Å². The van der Waals surface area contributed by atoms with Crippen LogP contribution in [0.4, 0.5) is 0 Å². The third-order valence-electron chi connectivity index (χ3n) is 3.06. The molecular formula is C11H13BrO3S. The van der Waals surface area contributed by atoms with Crippen LogP contribution in [0.3, 0.4) is 0 Å². The van der Waals surface area contributed by atoms with E-state index in [2.05, 4.69) is 15.9 Å². The molecule has 1 aromatic carbocycles. The van der Waals surface area contributed by atoms with Crippen LogP contribution < -0.4 is 0 Å². The minimum absolute atomic E-state index is 0.0481. The van der Waals surface area contributed by atoms with E-state index in [1.165, 1.54) is 6.26 Å². The lowest BCUT2D eigenvalue weighted by Gasteiger charge is -1.99. The van der Waals surface area contributed by atoms with Crippen LogP contribution in [-0.2, 0) is 9.84 Å². The molecule has 1 aliphatic rings. The second-order valence-electron chi connectivity index (χ2n) is 4.22. The van der Waals surface area contributed by atoms with E-state index in [0.29, 0.717) is 0 Å². The van der Waals surface area contributed by atoms with Gasteiger partial charge in [0, 0.05) is 29.2 Å². The summed E-state index contributed by atoms with van der Waals surface area (Å²) in [6.45, 7) is -0.0710. The van der Waals surface area contributed by atoms with Gasteiger partial charge in [-0.3, -0.25) is 0 Å². The first-order chi connectivity index (χ1) is 7.45. The number of hydrogen-bond donors (Lipinski definition) is 1. The summed E-state index contributed by atoms with van der Waals surface area (Å²) in [5.41, 5.74) is 0.984. The van der Waals surface area contributed by atoms with Crippen LogP contribution in [0.1, 0.15) is 11.5 Å². The largest absolute Gasteiger partial charge is 0.396 e. The van der Waals surface area contributed by atoms with Crippen molar-refractivity contribution >= 4 is 25.8 Å². The summed E-state index contributed by atoms with van der Waals surface area (Å²) in [7, 11) is -3.07. The molecule has 3 nitrogen and oxygen atoms in total. The molecule has 3 atom stereocenters. The second-order valence-corrected chi connectivity index (χ2v) is 7.34. The molecule has 88 valence electrons. The standard InChI is InChI=1S/C11H13BrO3S/c1-16(14,15)11-9(6-13)10(11)7-2-4-8(12)5-3-7/h2-5,9-11,13H,6H2,1H3/t9-,10+,11-/m1/s1. The lowest BCUT2D eigenvalue weighted by Crippen LogP contribution is -2.08. The number of aliphatic hydroxyl groups excluding tert-OH is 1. The molecule has 0 heterocycles. The molecule has 16 heavy (non-hydrogen) atoms. The van der Waals surface area contributed by atoms with Crippen molar-refractivity contribution < 1.29 is 13.5 Å². The SMILES string of the molecule is CS(=O)(=O)[C@@H]1[C@H](CO)[C@@H]1c1ccc(Br)cc1. The Morgan fingerprint density at radius 3 is 2.25 bits per heavy atom. The quantitative estimate of drug-likeness (QED) is 0.922. The molecule has 5 heteroatoms. The van der Waals surface area contributed by atoms with Gasteiger partial charge in [-0.2, -0.15) is 0 Å². The van der Waals surface area contributed by atoms with Crippen LogP contribution in [-0.4, -0.2) is 31.6 Å². The first-order valence-electron chi connectivity index (χ1n) is 5.00. The summed E-state index contributed by atoms with van der Waals surface area (Å²) < 4.78 is 24.0. The highest BCUT2D eigenvalue weighted by atomic mass is 79.9. The zero-order chi connectivity index (χ0) is 11.9. The minimum atomic E-state index is -3.07. The summed E-state index contributed by atoms with van der Waals surface area (Å²) >= 11 is 3.33. The summed E-state index contributed by atoms with van der Waals surface area (Å²) in [6.07, 6.45) is 1.24. The Balaban J connectivity index is 2.27. The molecular weight excluding hydrogens is 292 g/mol. The van der Waals surface area contributed by atoms with Crippen molar-refractivity contribution in [2.45, 2.75) is 11.2 Å². The molecule has 1 saturated carbocycles. The molecule has 2 rings (SSSR count). The first kappa shape index (κ1) is 12.1. The summed E-state index contributed by atoms with van der Waals surface area (Å²) in [5, 5.41) is 8.73. The van der Waals surface area contributed by atoms with E-state index < -0.39 is 15.1 Å². The highest BCUT2D eigenvalue weighted by molar-refractivity contribution is 9.10. The first-order valence-corrected chi connectivity index (χ1v) is 7.75. The Bertz CT molecular complexity index is 480. The normalized spacial score (nSPS) is 29.1. The molecule has 0 aromatic heterocycles. The molecule has 1 aliphatic carbocycles. The lowest BCUT2D eigenvalue weighted by atomic mass is 10.1. The lowest BCUT2D eigenvalue weighted by molar-refractivity contribution is 0.274. The van der Waals surface area contributed by atoms with Crippen molar-refractivity contribution in [1.82, 2.24) is 0 Å². The fraction of sp³-hybridized carbons (Fsp3) is 0.455. The number of rotatable bonds is 3. The second kappa shape index (κ2) is 4.13. The van der Waals surface area contributed by atoms with Gasteiger partial charge in [0.2, 0.25) is 0 Å².